The molecule has 0 bridgehead atoms. The van der Waals surface area contributed by atoms with Gasteiger partial charge in [-0.3, -0.25) is 4.21 Å². The number of halogens is 1. The number of hydrogen-bond donors (Lipinski definition) is 1. The molecule has 4 heteroatoms. The Balaban J connectivity index is 2.34. The maximum atomic E-state index is 11.6. The molecule has 0 saturated heterocycles. The first-order valence-electron chi connectivity index (χ1n) is 5.02. The first kappa shape index (κ1) is 12.7. The van der Waals surface area contributed by atoms with Gasteiger partial charge in [-0.2, -0.15) is 0 Å². The number of hydrogen-bond acceptors (Lipinski definition) is 2. The molecule has 15 heavy (non-hydrogen) atoms. The molecular weight excluding hydrogens is 230 g/mol. The molecular formula is C11H16ClNOS. The summed E-state index contributed by atoms with van der Waals surface area (Å²) >= 11 is 5.76. The summed E-state index contributed by atoms with van der Waals surface area (Å²) in [6.45, 7) is 3.79. The van der Waals surface area contributed by atoms with E-state index in [-0.39, 0.29) is 0 Å². The zero-order valence-corrected chi connectivity index (χ0v) is 10.4. The molecule has 0 amide bonds. The summed E-state index contributed by atoms with van der Waals surface area (Å²) in [6, 6.07) is 7.51. The van der Waals surface area contributed by atoms with Crippen LogP contribution in [0.15, 0.2) is 24.3 Å². The fourth-order valence-electron chi connectivity index (χ4n) is 1.20. The van der Waals surface area contributed by atoms with Gasteiger partial charge >= 0.3 is 0 Å². The summed E-state index contributed by atoms with van der Waals surface area (Å²) in [4.78, 5) is 0. The van der Waals surface area contributed by atoms with Crippen LogP contribution in [0.3, 0.4) is 0 Å². The molecule has 0 fully saturated rings. The summed E-state index contributed by atoms with van der Waals surface area (Å²) in [5.74, 6) is 1.32. The van der Waals surface area contributed by atoms with Crippen molar-refractivity contribution in [1.29, 1.82) is 0 Å². The topological polar surface area (TPSA) is 29.1 Å². The smallest absolute Gasteiger partial charge is 0.0486 e. The van der Waals surface area contributed by atoms with Crippen LogP contribution in [0.2, 0.25) is 5.02 Å². The summed E-state index contributed by atoms with van der Waals surface area (Å²) in [6.07, 6.45) is 0. The Morgan fingerprint density at radius 3 is 2.60 bits per heavy atom. The minimum Gasteiger partial charge on any atom is -0.316 e. The highest BCUT2D eigenvalue weighted by molar-refractivity contribution is 7.84. The largest absolute Gasteiger partial charge is 0.316 e. The van der Waals surface area contributed by atoms with Crippen molar-refractivity contribution in [2.75, 3.05) is 18.8 Å². The van der Waals surface area contributed by atoms with E-state index in [4.69, 9.17) is 11.6 Å². The molecule has 0 aliphatic heterocycles. The van der Waals surface area contributed by atoms with Crippen molar-refractivity contribution in [1.82, 2.24) is 5.32 Å². The third-order valence-electron chi connectivity index (χ3n) is 2.00. The molecule has 84 valence electrons. The fourth-order valence-corrected chi connectivity index (χ4v) is 2.41. The lowest BCUT2D eigenvalue weighted by Crippen LogP contribution is -2.20. The second-order valence-electron chi connectivity index (χ2n) is 3.27. The molecule has 2 nitrogen and oxygen atoms in total. The van der Waals surface area contributed by atoms with E-state index < -0.39 is 10.8 Å². The molecule has 0 saturated carbocycles. The summed E-state index contributed by atoms with van der Waals surface area (Å²) in [5, 5.41) is 3.88. The summed E-state index contributed by atoms with van der Waals surface area (Å²) in [5.41, 5.74) is 1.08. The van der Waals surface area contributed by atoms with Crippen LogP contribution < -0.4 is 5.32 Å². The van der Waals surface area contributed by atoms with E-state index in [1.807, 2.05) is 31.2 Å². The minimum atomic E-state index is -0.785. The van der Waals surface area contributed by atoms with E-state index in [1.165, 1.54) is 0 Å². The Bertz CT molecular complexity index is 313. The van der Waals surface area contributed by atoms with E-state index in [1.54, 1.807) is 0 Å². The highest BCUT2D eigenvalue weighted by atomic mass is 35.5. The Labute approximate surface area is 98.5 Å². The minimum absolute atomic E-state index is 0.614. The van der Waals surface area contributed by atoms with Crippen LogP contribution >= 0.6 is 11.6 Å². The van der Waals surface area contributed by atoms with Gasteiger partial charge in [0.25, 0.3) is 0 Å². The zero-order valence-electron chi connectivity index (χ0n) is 8.83. The lowest BCUT2D eigenvalue weighted by molar-refractivity contribution is 0.676. The molecule has 1 unspecified atom stereocenters. The lowest BCUT2D eigenvalue weighted by Gasteiger charge is -2.03. The number of benzene rings is 1. The van der Waals surface area contributed by atoms with Crippen LogP contribution in [0.4, 0.5) is 0 Å². The van der Waals surface area contributed by atoms with Gasteiger partial charge in [-0.05, 0) is 24.2 Å². The van der Waals surface area contributed by atoms with Crippen LogP contribution in [0.1, 0.15) is 12.5 Å². The number of rotatable bonds is 6. The first-order valence-corrected chi connectivity index (χ1v) is 6.89. The van der Waals surface area contributed by atoms with Gasteiger partial charge in [0.05, 0.1) is 0 Å². The molecule has 0 heterocycles. The van der Waals surface area contributed by atoms with Crippen molar-refractivity contribution in [3.8, 4) is 0 Å². The number of nitrogens with one attached hydrogen (secondary N) is 1. The normalized spacial score (nSPS) is 12.7. The third kappa shape index (κ3) is 5.30. The summed E-state index contributed by atoms with van der Waals surface area (Å²) < 4.78 is 11.6. The van der Waals surface area contributed by atoms with Crippen molar-refractivity contribution >= 4 is 22.4 Å². The van der Waals surface area contributed by atoms with Crippen LogP contribution in [-0.2, 0) is 16.6 Å². The van der Waals surface area contributed by atoms with E-state index in [9.17, 15) is 4.21 Å². The Morgan fingerprint density at radius 2 is 2.00 bits per heavy atom. The molecule has 1 rings (SSSR count). The SMILES string of the molecule is CCNCCS(=O)Cc1ccc(Cl)cc1. The van der Waals surface area contributed by atoms with Crippen LogP contribution in [0.5, 0.6) is 0 Å². The van der Waals surface area contributed by atoms with E-state index in [0.717, 1.165) is 23.7 Å². The van der Waals surface area contributed by atoms with Crippen molar-refractivity contribution in [2.24, 2.45) is 0 Å². The Kier molecular flexibility index (Phi) is 5.91. The van der Waals surface area contributed by atoms with Gasteiger partial charge in [-0.15, -0.1) is 0 Å². The van der Waals surface area contributed by atoms with Gasteiger partial charge in [0, 0.05) is 33.9 Å². The molecule has 1 aromatic rings. The highest BCUT2D eigenvalue weighted by Crippen LogP contribution is 2.10. The van der Waals surface area contributed by atoms with Crippen molar-refractivity contribution in [3.05, 3.63) is 34.9 Å². The summed E-state index contributed by atoms with van der Waals surface area (Å²) in [7, 11) is -0.785. The molecule has 1 aromatic carbocycles. The molecule has 0 aliphatic carbocycles. The Hall–Kier alpha value is -0.380. The van der Waals surface area contributed by atoms with Crippen molar-refractivity contribution in [2.45, 2.75) is 12.7 Å². The Morgan fingerprint density at radius 1 is 1.33 bits per heavy atom. The first-order chi connectivity index (χ1) is 7.22. The lowest BCUT2D eigenvalue weighted by atomic mass is 10.2. The predicted octanol–water partition coefficient (Wildman–Crippen LogP) is 2.20. The average molecular weight is 246 g/mol. The van der Waals surface area contributed by atoms with Crippen molar-refractivity contribution < 1.29 is 4.21 Å². The molecule has 1 N–H and O–H groups in total. The van der Waals surface area contributed by atoms with Gasteiger partial charge in [0.2, 0.25) is 0 Å². The van der Waals surface area contributed by atoms with E-state index in [0.29, 0.717) is 11.5 Å². The van der Waals surface area contributed by atoms with Gasteiger partial charge < -0.3 is 5.32 Å². The van der Waals surface area contributed by atoms with Gasteiger partial charge in [-0.1, -0.05) is 30.7 Å². The van der Waals surface area contributed by atoms with Crippen LogP contribution in [0.25, 0.3) is 0 Å². The maximum Gasteiger partial charge on any atom is 0.0486 e. The highest BCUT2D eigenvalue weighted by Gasteiger charge is 2.01. The zero-order chi connectivity index (χ0) is 11.1. The molecule has 0 aliphatic rings. The maximum absolute atomic E-state index is 11.6. The van der Waals surface area contributed by atoms with E-state index in [2.05, 4.69) is 5.32 Å². The van der Waals surface area contributed by atoms with E-state index >= 15 is 0 Å². The van der Waals surface area contributed by atoms with Gasteiger partial charge in [0.1, 0.15) is 0 Å². The van der Waals surface area contributed by atoms with Gasteiger partial charge in [-0.25, -0.2) is 0 Å². The fraction of sp³-hybridized carbons (Fsp3) is 0.455. The van der Waals surface area contributed by atoms with Gasteiger partial charge in [0.15, 0.2) is 0 Å². The third-order valence-corrected chi connectivity index (χ3v) is 3.56. The van der Waals surface area contributed by atoms with Crippen LogP contribution in [-0.4, -0.2) is 23.1 Å². The molecule has 0 aromatic heterocycles. The monoisotopic (exact) mass is 245 g/mol. The quantitative estimate of drug-likeness (QED) is 0.779. The second-order valence-corrected chi connectivity index (χ2v) is 5.28. The molecule has 1 atom stereocenters. The standard InChI is InChI=1S/C11H16ClNOS/c1-2-13-7-8-15(14)9-10-3-5-11(12)6-4-10/h3-6,13H,2,7-9H2,1H3. The average Bonchev–Trinajstić information content (AvgIpc) is 2.22. The molecule has 0 spiro atoms. The molecule has 0 radical (unpaired) electrons. The van der Waals surface area contributed by atoms with Crippen LogP contribution in [0, 0.1) is 0 Å². The van der Waals surface area contributed by atoms with Crippen molar-refractivity contribution in [3.63, 3.8) is 0 Å². The predicted molar refractivity (Wildman–Crippen MR) is 66.7 cm³/mol. The second kappa shape index (κ2) is 6.99.